The number of hydrogen-bond acceptors (Lipinski definition) is 3. The van der Waals surface area contributed by atoms with Gasteiger partial charge in [-0.1, -0.05) is 0 Å². The molecule has 0 amide bonds. The average molecular weight is 201 g/mol. The number of ether oxygens (including phenoxy) is 1. The number of nitrogens with zero attached hydrogens (tertiary/aromatic N) is 1. The monoisotopic (exact) mass is 201 g/mol. The third kappa shape index (κ3) is 2.47. The Morgan fingerprint density at radius 2 is 1.93 bits per heavy atom. The molecule has 0 aliphatic carbocycles. The molecular formula is C11H23NO2. The third-order valence-corrected chi connectivity index (χ3v) is 3.23. The molecule has 0 aromatic carbocycles. The van der Waals surface area contributed by atoms with Gasteiger partial charge in [-0.3, -0.25) is 4.90 Å². The summed E-state index contributed by atoms with van der Waals surface area (Å²) in [6.07, 6.45) is 0.753. The van der Waals surface area contributed by atoms with Gasteiger partial charge in [0.15, 0.2) is 0 Å². The van der Waals surface area contributed by atoms with Crippen molar-refractivity contribution in [2.24, 2.45) is 0 Å². The fraction of sp³-hybridized carbons (Fsp3) is 1.00. The minimum atomic E-state index is -0.362. The van der Waals surface area contributed by atoms with Crippen LogP contribution in [0, 0.1) is 0 Å². The van der Waals surface area contributed by atoms with Crippen molar-refractivity contribution in [2.75, 3.05) is 7.05 Å². The van der Waals surface area contributed by atoms with Crippen LogP contribution >= 0.6 is 0 Å². The Bertz CT molecular complexity index is 180. The lowest BCUT2D eigenvalue weighted by Gasteiger charge is -2.42. The first-order chi connectivity index (χ1) is 6.43. The van der Waals surface area contributed by atoms with Crippen LogP contribution in [0.3, 0.4) is 0 Å². The Morgan fingerprint density at radius 1 is 1.36 bits per heavy atom. The van der Waals surface area contributed by atoms with E-state index in [1.54, 1.807) is 0 Å². The van der Waals surface area contributed by atoms with E-state index in [1.807, 2.05) is 6.92 Å². The summed E-state index contributed by atoms with van der Waals surface area (Å²) in [5.74, 6) is 0. The fourth-order valence-electron chi connectivity index (χ4n) is 2.08. The molecule has 1 fully saturated rings. The molecule has 84 valence electrons. The number of aliphatic hydroxyl groups is 1. The van der Waals surface area contributed by atoms with Gasteiger partial charge in [0.25, 0.3) is 0 Å². The number of aliphatic hydroxyl groups excluding tert-OH is 1. The molecule has 1 aliphatic heterocycles. The maximum absolute atomic E-state index is 10.0. The number of hydrogen-bond donors (Lipinski definition) is 1. The molecule has 0 bridgehead atoms. The second-order valence-corrected chi connectivity index (χ2v) is 4.70. The van der Waals surface area contributed by atoms with Gasteiger partial charge in [-0.15, -0.1) is 0 Å². The Labute approximate surface area is 87.1 Å². The zero-order valence-corrected chi connectivity index (χ0v) is 9.90. The van der Waals surface area contributed by atoms with Crippen LogP contribution in [0.1, 0.15) is 34.1 Å². The summed E-state index contributed by atoms with van der Waals surface area (Å²) in [7, 11) is 2.07. The summed E-state index contributed by atoms with van der Waals surface area (Å²) in [6.45, 7) is 8.32. The van der Waals surface area contributed by atoms with Crippen molar-refractivity contribution >= 4 is 0 Å². The van der Waals surface area contributed by atoms with E-state index < -0.39 is 0 Å². The van der Waals surface area contributed by atoms with Crippen molar-refractivity contribution in [3.63, 3.8) is 0 Å². The lowest BCUT2D eigenvalue weighted by molar-refractivity contribution is -0.140. The fourth-order valence-corrected chi connectivity index (χ4v) is 2.08. The summed E-state index contributed by atoms with van der Waals surface area (Å²) >= 11 is 0. The molecule has 0 aromatic heterocycles. The minimum absolute atomic E-state index is 0.0510. The molecule has 1 aliphatic rings. The highest BCUT2D eigenvalue weighted by Gasteiger charge is 2.36. The maximum atomic E-state index is 10.0. The van der Waals surface area contributed by atoms with Gasteiger partial charge in [-0.05, 0) is 41.2 Å². The summed E-state index contributed by atoms with van der Waals surface area (Å²) in [5, 5.41) is 10.0. The first kappa shape index (κ1) is 12.0. The van der Waals surface area contributed by atoms with Gasteiger partial charge in [-0.25, -0.2) is 0 Å². The van der Waals surface area contributed by atoms with E-state index in [9.17, 15) is 5.11 Å². The quantitative estimate of drug-likeness (QED) is 0.730. The van der Waals surface area contributed by atoms with E-state index in [4.69, 9.17) is 4.74 Å². The van der Waals surface area contributed by atoms with Crippen LogP contribution in [-0.2, 0) is 4.74 Å². The SMILES string of the molecule is CC(C)N(C)[C@H]1C[C@@H](C)O[C@@H](C)[C@@H]1O. The Balaban J connectivity index is 2.66. The van der Waals surface area contributed by atoms with E-state index in [0.717, 1.165) is 6.42 Å². The molecule has 4 atom stereocenters. The molecule has 1 heterocycles. The van der Waals surface area contributed by atoms with Gasteiger partial charge in [0.05, 0.1) is 18.3 Å². The largest absolute Gasteiger partial charge is 0.389 e. The van der Waals surface area contributed by atoms with Crippen molar-refractivity contribution in [3.05, 3.63) is 0 Å². The third-order valence-electron chi connectivity index (χ3n) is 3.23. The predicted octanol–water partition coefficient (Wildman–Crippen LogP) is 1.25. The molecule has 1 rings (SSSR count). The highest BCUT2D eigenvalue weighted by molar-refractivity contribution is 4.88. The number of likely N-dealkylation sites (N-methyl/N-ethyl adjacent to an activating group) is 1. The van der Waals surface area contributed by atoms with E-state index in [0.29, 0.717) is 6.04 Å². The molecule has 1 N–H and O–H groups in total. The van der Waals surface area contributed by atoms with Crippen LogP contribution in [0.15, 0.2) is 0 Å². The van der Waals surface area contributed by atoms with E-state index >= 15 is 0 Å². The second kappa shape index (κ2) is 4.60. The van der Waals surface area contributed by atoms with E-state index in [2.05, 4.69) is 32.7 Å². The molecule has 0 spiro atoms. The van der Waals surface area contributed by atoms with Crippen LogP contribution in [0.2, 0.25) is 0 Å². The van der Waals surface area contributed by atoms with Gasteiger partial charge in [0.2, 0.25) is 0 Å². The standard InChI is InChI=1S/C11H23NO2/c1-7(2)12(5)10-6-8(3)14-9(4)11(10)13/h7-11,13H,6H2,1-5H3/t8-,9+,10+,11+/m1/s1. The lowest BCUT2D eigenvalue weighted by Crippen LogP contribution is -2.54. The molecule has 0 unspecified atom stereocenters. The van der Waals surface area contributed by atoms with Crippen LogP contribution in [0.25, 0.3) is 0 Å². The molecule has 14 heavy (non-hydrogen) atoms. The van der Waals surface area contributed by atoms with Gasteiger partial charge in [0.1, 0.15) is 0 Å². The smallest absolute Gasteiger partial charge is 0.0954 e. The Kier molecular flexibility index (Phi) is 3.93. The van der Waals surface area contributed by atoms with Gasteiger partial charge < -0.3 is 9.84 Å². The normalized spacial score (nSPS) is 39.4. The van der Waals surface area contributed by atoms with Crippen molar-refractivity contribution in [2.45, 2.75) is 64.5 Å². The summed E-state index contributed by atoms with van der Waals surface area (Å²) < 4.78 is 5.58. The zero-order valence-electron chi connectivity index (χ0n) is 9.90. The molecular weight excluding hydrogens is 178 g/mol. The van der Waals surface area contributed by atoms with Crippen molar-refractivity contribution < 1.29 is 9.84 Å². The van der Waals surface area contributed by atoms with Crippen molar-refractivity contribution in [1.29, 1.82) is 0 Å². The van der Waals surface area contributed by atoms with E-state index in [-0.39, 0.29) is 24.4 Å². The number of rotatable bonds is 2. The Hall–Kier alpha value is -0.120. The molecule has 0 saturated carbocycles. The highest BCUT2D eigenvalue weighted by Crippen LogP contribution is 2.24. The maximum Gasteiger partial charge on any atom is 0.0954 e. The molecule has 3 nitrogen and oxygen atoms in total. The first-order valence-electron chi connectivity index (χ1n) is 5.49. The average Bonchev–Trinajstić information content (AvgIpc) is 2.09. The van der Waals surface area contributed by atoms with Gasteiger partial charge in [0, 0.05) is 12.1 Å². The molecule has 0 radical (unpaired) electrons. The summed E-state index contributed by atoms with van der Waals surface area (Å²) in [4.78, 5) is 2.24. The molecule has 3 heteroatoms. The lowest BCUT2D eigenvalue weighted by atomic mass is 9.95. The van der Waals surface area contributed by atoms with E-state index in [1.165, 1.54) is 0 Å². The zero-order chi connectivity index (χ0) is 10.9. The van der Waals surface area contributed by atoms with Crippen LogP contribution in [0.5, 0.6) is 0 Å². The van der Waals surface area contributed by atoms with Crippen molar-refractivity contribution in [1.82, 2.24) is 4.90 Å². The van der Waals surface area contributed by atoms with Crippen LogP contribution in [-0.4, -0.2) is 47.4 Å². The molecule has 0 aromatic rings. The van der Waals surface area contributed by atoms with Gasteiger partial charge >= 0.3 is 0 Å². The first-order valence-corrected chi connectivity index (χ1v) is 5.49. The Morgan fingerprint density at radius 3 is 2.43 bits per heavy atom. The van der Waals surface area contributed by atoms with Crippen LogP contribution in [0.4, 0.5) is 0 Å². The van der Waals surface area contributed by atoms with Crippen molar-refractivity contribution in [3.8, 4) is 0 Å². The summed E-state index contributed by atoms with van der Waals surface area (Å²) in [5.41, 5.74) is 0. The summed E-state index contributed by atoms with van der Waals surface area (Å²) in [6, 6.07) is 0.695. The minimum Gasteiger partial charge on any atom is -0.389 e. The predicted molar refractivity (Wildman–Crippen MR) is 57.3 cm³/mol. The topological polar surface area (TPSA) is 32.7 Å². The highest BCUT2D eigenvalue weighted by atomic mass is 16.5. The molecule has 1 saturated heterocycles. The second-order valence-electron chi connectivity index (χ2n) is 4.70. The van der Waals surface area contributed by atoms with Crippen LogP contribution < -0.4 is 0 Å². The van der Waals surface area contributed by atoms with Gasteiger partial charge in [-0.2, -0.15) is 0 Å².